The van der Waals surface area contributed by atoms with Crippen molar-refractivity contribution >= 4 is 23.0 Å². The Morgan fingerprint density at radius 3 is 2.58 bits per heavy atom. The predicted molar refractivity (Wildman–Crippen MR) is 79.8 cm³/mol. The molecule has 19 heavy (non-hydrogen) atoms. The monoisotopic (exact) mass is 277 g/mol. The van der Waals surface area contributed by atoms with Gasteiger partial charge in [-0.25, -0.2) is 15.0 Å². The number of thiazole rings is 1. The molecule has 1 unspecified atom stereocenters. The summed E-state index contributed by atoms with van der Waals surface area (Å²) in [6, 6.07) is 0.142. The summed E-state index contributed by atoms with van der Waals surface area (Å²) in [4.78, 5) is 14.2. The molecule has 2 aromatic heterocycles. The van der Waals surface area contributed by atoms with Gasteiger partial charge in [0.15, 0.2) is 0 Å². The quantitative estimate of drug-likeness (QED) is 0.879. The van der Waals surface area contributed by atoms with Gasteiger partial charge in [-0.05, 0) is 20.3 Å². The van der Waals surface area contributed by atoms with Crippen molar-refractivity contribution in [1.82, 2.24) is 15.0 Å². The largest absolute Gasteiger partial charge is 0.373 e. The molecule has 2 heterocycles. The lowest BCUT2D eigenvalue weighted by Gasteiger charge is -2.16. The smallest absolute Gasteiger partial charge is 0.135 e. The van der Waals surface area contributed by atoms with Gasteiger partial charge in [-0.15, -0.1) is 11.3 Å². The lowest BCUT2D eigenvalue weighted by Crippen LogP contribution is -2.11. The van der Waals surface area contributed by atoms with Gasteiger partial charge in [-0.2, -0.15) is 0 Å². The first kappa shape index (κ1) is 13.7. The van der Waals surface area contributed by atoms with Gasteiger partial charge >= 0.3 is 0 Å². The first-order chi connectivity index (χ1) is 9.15. The van der Waals surface area contributed by atoms with E-state index < -0.39 is 0 Å². The molecule has 0 fully saturated rings. The van der Waals surface area contributed by atoms with Crippen molar-refractivity contribution in [3.63, 3.8) is 0 Å². The summed E-state index contributed by atoms with van der Waals surface area (Å²) in [7, 11) is 1.87. The second-order valence-corrected chi connectivity index (χ2v) is 5.59. The zero-order valence-electron chi connectivity index (χ0n) is 11.7. The summed E-state index contributed by atoms with van der Waals surface area (Å²) in [5.74, 6) is 1.75. The molecule has 1 atom stereocenters. The van der Waals surface area contributed by atoms with E-state index in [1.807, 2.05) is 13.2 Å². The summed E-state index contributed by atoms with van der Waals surface area (Å²) >= 11 is 1.71. The summed E-state index contributed by atoms with van der Waals surface area (Å²) < 4.78 is 0. The summed E-state index contributed by atoms with van der Waals surface area (Å²) in [5.41, 5.74) is 1.10. The molecule has 0 aromatic carbocycles. The molecule has 0 aliphatic carbocycles. The van der Waals surface area contributed by atoms with Crippen LogP contribution in [-0.4, -0.2) is 22.0 Å². The molecule has 0 radical (unpaired) electrons. The van der Waals surface area contributed by atoms with Crippen LogP contribution in [0.2, 0.25) is 0 Å². The number of anilines is 2. The molecule has 2 rings (SSSR count). The summed E-state index contributed by atoms with van der Waals surface area (Å²) in [5, 5.41) is 7.60. The molecule has 5 nitrogen and oxygen atoms in total. The van der Waals surface area contributed by atoms with Crippen molar-refractivity contribution in [3.05, 3.63) is 28.0 Å². The summed E-state index contributed by atoms with van der Waals surface area (Å²) in [6.07, 6.45) is 4.36. The zero-order chi connectivity index (χ0) is 13.8. The second kappa shape index (κ2) is 5.97. The average Bonchev–Trinajstić information content (AvgIpc) is 2.85. The maximum Gasteiger partial charge on any atom is 0.135 e. The Morgan fingerprint density at radius 2 is 2.00 bits per heavy atom. The van der Waals surface area contributed by atoms with Crippen LogP contribution in [0.3, 0.4) is 0 Å². The van der Waals surface area contributed by atoms with E-state index in [2.05, 4.69) is 46.4 Å². The molecule has 0 amide bonds. The van der Waals surface area contributed by atoms with Gasteiger partial charge in [0.25, 0.3) is 0 Å². The van der Waals surface area contributed by atoms with Crippen LogP contribution in [0.4, 0.5) is 11.6 Å². The fraction of sp³-hybridized carbons (Fsp3) is 0.462. The Balaban J connectivity index is 2.23. The van der Waals surface area contributed by atoms with Crippen molar-refractivity contribution in [3.8, 4) is 0 Å². The van der Waals surface area contributed by atoms with Gasteiger partial charge in [0, 0.05) is 23.7 Å². The van der Waals surface area contributed by atoms with Crippen LogP contribution in [0.15, 0.2) is 12.5 Å². The van der Waals surface area contributed by atoms with Crippen LogP contribution < -0.4 is 10.6 Å². The van der Waals surface area contributed by atoms with Crippen LogP contribution in [0, 0.1) is 6.92 Å². The molecule has 0 bridgehead atoms. The van der Waals surface area contributed by atoms with Gasteiger partial charge in [0.1, 0.15) is 23.0 Å². The highest BCUT2D eigenvalue weighted by Gasteiger charge is 2.14. The third-order valence-corrected chi connectivity index (χ3v) is 3.99. The number of rotatable bonds is 5. The lowest BCUT2D eigenvalue weighted by molar-refractivity contribution is 0.851. The van der Waals surface area contributed by atoms with Crippen molar-refractivity contribution in [2.75, 3.05) is 17.7 Å². The molecule has 0 aliphatic rings. The standard InChI is InChI=1S/C13H19N5S/c1-5-10-11(14-4)16-7-17-12(10)18-9(3)13-15-6-8(2)19-13/h6-7,9H,5H2,1-4H3,(H2,14,16,17,18). The molecular weight excluding hydrogens is 258 g/mol. The first-order valence-corrected chi connectivity index (χ1v) is 7.17. The minimum absolute atomic E-state index is 0.142. The molecule has 6 heteroatoms. The third kappa shape index (κ3) is 3.01. The molecule has 0 spiro atoms. The zero-order valence-corrected chi connectivity index (χ0v) is 12.5. The van der Waals surface area contributed by atoms with Crippen molar-refractivity contribution < 1.29 is 0 Å². The fourth-order valence-corrected chi connectivity index (χ4v) is 2.70. The van der Waals surface area contributed by atoms with Crippen LogP contribution in [0.25, 0.3) is 0 Å². The van der Waals surface area contributed by atoms with E-state index in [-0.39, 0.29) is 6.04 Å². The Hall–Kier alpha value is -1.69. The molecule has 2 aromatic rings. The normalized spacial score (nSPS) is 12.2. The first-order valence-electron chi connectivity index (χ1n) is 6.36. The fourth-order valence-electron chi connectivity index (χ4n) is 1.93. The minimum atomic E-state index is 0.142. The number of nitrogens with zero attached hydrogens (tertiary/aromatic N) is 3. The van der Waals surface area contributed by atoms with Crippen LogP contribution in [0.1, 0.15) is 35.3 Å². The SMILES string of the molecule is CCc1c(NC)ncnc1NC(C)c1ncc(C)s1. The highest BCUT2D eigenvalue weighted by Crippen LogP contribution is 2.26. The van der Waals surface area contributed by atoms with Crippen LogP contribution in [0.5, 0.6) is 0 Å². The molecular formula is C13H19N5S. The van der Waals surface area contributed by atoms with Gasteiger partial charge < -0.3 is 10.6 Å². The third-order valence-electron chi connectivity index (χ3n) is 2.90. The Morgan fingerprint density at radius 1 is 1.26 bits per heavy atom. The van der Waals surface area contributed by atoms with Gasteiger partial charge in [0.2, 0.25) is 0 Å². The lowest BCUT2D eigenvalue weighted by atomic mass is 10.2. The maximum atomic E-state index is 4.41. The number of hydrogen-bond acceptors (Lipinski definition) is 6. The highest BCUT2D eigenvalue weighted by atomic mass is 32.1. The molecule has 0 aliphatic heterocycles. The van der Waals surface area contributed by atoms with Gasteiger partial charge in [-0.1, -0.05) is 6.92 Å². The van der Waals surface area contributed by atoms with Crippen LogP contribution in [-0.2, 0) is 6.42 Å². The predicted octanol–water partition coefficient (Wildman–Crippen LogP) is 3.02. The number of aryl methyl sites for hydroxylation is 1. The second-order valence-electron chi connectivity index (χ2n) is 4.33. The van der Waals surface area contributed by atoms with Crippen molar-refractivity contribution in [2.45, 2.75) is 33.2 Å². The van der Waals surface area contributed by atoms with E-state index in [4.69, 9.17) is 0 Å². The minimum Gasteiger partial charge on any atom is -0.373 e. The van der Waals surface area contributed by atoms with Crippen molar-refractivity contribution in [2.24, 2.45) is 0 Å². The molecule has 102 valence electrons. The van der Waals surface area contributed by atoms with Gasteiger partial charge in [0.05, 0.1) is 6.04 Å². The highest BCUT2D eigenvalue weighted by molar-refractivity contribution is 7.11. The molecule has 0 saturated carbocycles. The average molecular weight is 277 g/mol. The van der Waals surface area contributed by atoms with E-state index in [0.717, 1.165) is 28.6 Å². The summed E-state index contributed by atoms with van der Waals surface area (Å²) in [6.45, 7) is 6.26. The Bertz CT molecular complexity index is 552. The molecule has 0 saturated heterocycles. The van der Waals surface area contributed by atoms with Crippen molar-refractivity contribution in [1.29, 1.82) is 0 Å². The Kier molecular flexibility index (Phi) is 4.31. The van der Waals surface area contributed by atoms with Gasteiger partial charge in [-0.3, -0.25) is 0 Å². The van der Waals surface area contributed by atoms with E-state index in [1.165, 1.54) is 4.88 Å². The van der Waals surface area contributed by atoms with Crippen LogP contribution >= 0.6 is 11.3 Å². The number of nitrogens with one attached hydrogen (secondary N) is 2. The number of hydrogen-bond donors (Lipinski definition) is 2. The maximum absolute atomic E-state index is 4.41. The number of aromatic nitrogens is 3. The Labute approximate surface area is 117 Å². The van der Waals surface area contributed by atoms with E-state index in [9.17, 15) is 0 Å². The van der Waals surface area contributed by atoms with E-state index in [0.29, 0.717) is 0 Å². The topological polar surface area (TPSA) is 62.7 Å². The molecule has 2 N–H and O–H groups in total. The van der Waals surface area contributed by atoms with E-state index >= 15 is 0 Å². The van der Waals surface area contributed by atoms with E-state index in [1.54, 1.807) is 17.7 Å².